The molecule has 0 spiro atoms. The number of nitrogens with zero attached hydrogens (tertiary/aromatic N) is 8. The number of hydrogen-bond acceptors (Lipinski definition) is 10. The lowest BCUT2D eigenvalue weighted by molar-refractivity contribution is 0.148. The highest BCUT2D eigenvalue weighted by atomic mass is 19.1. The van der Waals surface area contributed by atoms with Crippen LogP contribution in [0.2, 0.25) is 0 Å². The van der Waals surface area contributed by atoms with Crippen LogP contribution in [0.4, 0.5) is 21.6 Å². The molecular weight excluding hydrogens is 509 g/mol. The van der Waals surface area contributed by atoms with Gasteiger partial charge in [0, 0.05) is 89.2 Å². The second kappa shape index (κ2) is 13.7. The Labute approximate surface area is 235 Å². The number of likely N-dealkylation sites (N-methyl/N-ethyl adjacent to an activating group) is 1. The predicted octanol–water partition coefficient (Wildman–Crippen LogP) is 2.24. The van der Waals surface area contributed by atoms with Gasteiger partial charge in [-0.05, 0) is 36.9 Å². The van der Waals surface area contributed by atoms with Gasteiger partial charge in [0.25, 0.3) is 0 Å². The van der Waals surface area contributed by atoms with Crippen LogP contribution >= 0.6 is 0 Å². The molecule has 3 aromatic rings. The molecule has 2 aliphatic rings. The van der Waals surface area contributed by atoms with Gasteiger partial charge in [0.05, 0.1) is 25.0 Å². The van der Waals surface area contributed by atoms with E-state index in [9.17, 15) is 4.39 Å². The predicted molar refractivity (Wildman–Crippen MR) is 156 cm³/mol. The largest absolute Gasteiger partial charge is 0.395 e. The summed E-state index contributed by atoms with van der Waals surface area (Å²) in [6.45, 7) is 9.24. The minimum atomic E-state index is -0.434. The van der Waals surface area contributed by atoms with Crippen molar-refractivity contribution in [2.75, 3.05) is 82.8 Å². The molecule has 0 saturated carbocycles. The van der Waals surface area contributed by atoms with Gasteiger partial charge < -0.3 is 20.2 Å². The number of hydrogen-bond donors (Lipinski definition) is 2. The molecule has 212 valence electrons. The molecular formula is C29H38FN9O. The van der Waals surface area contributed by atoms with E-state index in [0.29, 0.717) is 37.0 Å². The first kappa shape index (κ1) is 28.0. The van der Waals surface area contributed by atoms with Gasteiger partial charge in [0.2, 0.25) is 0 Å². The number of aliphatic imine (C=N–C) groups is 1. The Balaban J connectivity index is 1.14. The number of pyridine rings is 1. The van der Waals surface area contributed by atoms with Gasteiger partial charge in [-0.3, -0.25) is 19.8 Å². The Hall–Kier alpha value is -3.51. The number of benzene rings is 1. The van der Waals surface area contributed by atoms with Gasteiger partial charge in [0.15, 0.2) is 17.5 Å². The van der Waals surface area contributed by atoms with E-state index < -0.39 is 5.82 Å². The van der Waals surface area contributed by atoms with E-state index in [1.807, 2.05) is 17.0 Å². The Morgan fingerprint density at radius 1 is 0.950 bits per heavy atom. The van der Waals surface area contributed by atoms with Gasteiger partial charge in [0.1, 0.15) is 0 Å². The topological polar surface area (TPSA) is 96.2 Å². The van der Waals surface area contributed by atoms with Crippen LogP contribution in [0.5, 0.6) is 0 Å². The van der Waals surface area contributed by atoms with E-state index >= 15 is 0 Å². The molecule has 10 nitrogen and oxygen atoms in total. The highest BCUT2D eigenvalue weighted by molar-refractivity contribution is 5.79. The highest BCUT2D eigenvalue weighted by Crippen LogP contribution is 2.20. The highest BCUT2D eigenvalue weighted by Gasteiger charge is 2.21. The number of halogens is 1. The van der Waals surface area contributed by atoms with Gasteiger partial charge in [-0.15, -0.1) is 0 Å². The maximum atomic E-state index is 14.5. The molecule has 2 saturated heterocycles. The molecule has 1 aromatic carbocycles. The third-order valence-electron chi connectivity index (χ3n) is 7.35. The van der Waals surface area contributed by atoms with Crippen LogP contribution in [-0.4, -0.2) is 114 Å². The number of nitrogens with one attached hydrogen (secondary N) is 1. The zero-order chi connectivity index (χ0) is 27.7. The summed E-state index contributed by atoms with van der Waals surface area (Å²) in [5, 5.41) is 12.6. The molecule has 40 heavy (non-hydrogen) atoms. The normalized spacial score (nSPS) is 17.5. The summed E-state index contributed by atoms with van der Waals surface area (Å²) in [6, 6.07) is 12.4. The first-order valence-electron chi connectivity index (χ1n) is 13.9. The van der Waals surface area contributed by atoms with Crippen molar-refractivity contribution in [3.63, 3.8) is 0 Å². The molecule has 0 amide bonds. The molecule has 0 radical (unpaired) electrons. The van der Waals surface area contributed by atoms with Crippen molar-refractivity contribution < 1.29 is 9.50 Å². The van der Waals surface area contributed by atoms with E-state index in [2.05, 4.69) is 71.3 Å². The van der Waals surface area contributed by atoms with Crippen LogP contribution in [-0.2, 0) is 13.1 Å². The minimum Gasteiger partial charge on any atom is -0.395 e. The van der Waals surface area contributed by atoms with Crippen LogP contribution in [0.3, 0.4) is 0 Å². The van der Waals surface area contributed by atoms with E-state index in [-0.39, 0.29) is 13.2 Å². The standard InChI is InChI=1S/C29H38FN9O/c1-36-8-10-38(11-9-36)22-23-2-4-24(5-3-23)34-25-6-7-32-26(18-25)19-31-21-28-33-20-27(30)29(35-28)39-14-12-37(13-15-39)16-17-40/h2-7,18-20,40H,8-17,21-22H2,1H3,(H,32,34). The monoisotopic (exact) mass is 547 g/mol. The smallest absolute Gasteiger partial charge is 0.183 e. The molecule has 0 bridgehead atoms. The fraction of sp³-hybridized carbons (Fsp3) is 0.448. The number of anilines is 3. The fourth-order valence-corrected chi connectivity index (χ4v) is 4.96. The lowest BCUT2D eigenvalue weighted by atomic mass is 10.1. The molecule has 2 aromatic heterocycles. The SMILES string of the molecule is CN1CCN(Cc2ccc(Nc3ccnc(C=NCc4ncc(F)c(N5CCN(CCO)CC5)n4)c3)cc2)CC1. The van der Waals surface area contributed by atoms with E-state index in [1.165, 1.54) is 11.8 Å². The van der Waals surface area contributed by atoms with Crippen LogP contribution in [0.15, 0.2) is 53.8 Å². The lowest BCUT2D eigenvalue weighted by Gasteiger charge is -2.35. The van der Waals surface area contributed by atoms with Crippen molar-refractivity contribution in [1.29, 1.82) is 0 Å². The Kier molecular flexibility index (Phi) is 9.61. The number of rotatable bonds is 10. The zero-order valence-electron chi connectivity index (χ0n) is 23.1. The van der Waals surface area contributed by atoms with E-state index in [1.54, 1.807) is 12.4 Å². The van der Waals surface area contributed by atoms with Crippen molar-refractivity contribution >= 4 is 23.4 Å². The molecule has 2 N–H and O–H groups in total. The van der Waals surface area contributed by atoms with Crippen LogP contribution in [0, 0.1) is 5.82 Å². The number of β-amino-alcohol motifs (C(OH)–C–C–N with tert-alkyl or cyclic N) is 1. The minimum absolute atomic E-state index is 0.127. The first-order chi connectivity index (χ1) is 19.6. The maximum Gasteiger partial charge on any atom is 0.183 e. The fourth-order valence-electron chi connectivity index (χ4n) is 4.96. The first-order valence-corrected chi connectivity index (χ1v) is 13.9. The summed E-state index contributed by atoms with van der Waals surface area (Å²) >= 11 is 0. The third-order valence-corrected chi connectivity index (χ3v) is 7.35. The Morgan fingerprint density at radius 3 is 2.45 bits per heavy atom. The molecule has 0 atom stereocenters. The lowest BCUT2D eigenvalue weighted by Crippen LogP contribution is -2.47. The summed E-state index contributed by atoms with van der Waals surface area (Å²) in [5.74, 6) is 0.329. The Morgan fingerprint density at radius 2 is 1.70 bits per heavy atom. The van der Waals surface area contributed by atoms with Crippen molar-refractivity contribution in [2.24, 2.45) is 4.99 Å². The second-order valence-electron chi connectivity index (χ2n) is 10.4. The van der Waals surface area contributed by atoms with Crippen LogP contribution in [0.25, 0.3) is 0 Å². The number of aliphatic hydroxyl groups excluding tert-OH is 1. The third kappa shape index (κ3) is 7.79. The van der Waals surface area contributed by atoms with Gasteiger partial charge in [-0.25, -0.2) is 14.4 Å². The second-order valence-corrected chi connectivity index (χ2v) is 10.4. The van der Waals surface area contributed by atoms with E-state index in [4.69, 9.17) is 5.11 Å². The summed E-state index contributed by atoms with van der Waals surface area (Å²) in [5.41, 5.74) is 3.95. The summed E-state index contributed by atoms with van der Waals surface area (Å²) in [7, 11) is 2.18. The number of piperazine rings is 2. The molecule has 11 heteroatoms. The number of aromatic nitrogens is 3. The van der Waals surface area contributed by atoms with Crippen molar-refractivity contribution in [2.45, 2.75) is 13.1 Å². The Bertz CT molecular complexity index is 1260. The quantitative estimate of drug-likeness (QED) is 0.371. The summed E-state index contributed by atoms with van der Waals surface area (Å²) in [6.07, 6.45) is 4.64. The van der Waals surface area contributed by atoms with Gasteiger partial charge >= 0.3 is 0 Å². The zero-order valence-corrected chi connectivity index (χ0v) is 23.1. The number of aliphatic hydroxyl groups is 1. The summed E-state index contributed by atoms with van der Waals surface area (Å²) in [4.78, 5) is 26.4. The van der Waals surface area contributed by atoms with Crippen LogP contribution in [0.1, 0.15) is 17.1 Å². The molecule has 0 unspecified atom stereocenters. The maximum absolute atomic E-state index is 14.5. The van der Waals surface area contributed by atoms with Gasteiger partial charge in [-0.2, -0.15) is 0 Å². The van der Waals surface area contributed by atoms with Crippen molar-refractivity contribution in [3.05, 3.63) is 71.7 Å². The average molecular weight is 548 g/mol. The molecule has 4 heterocycles. The van der Waals surface area contributed by atoms with Crippen molar-refractivity contribution in [3.8, 4) is 0 Å². The van der Waals surface area contributed by atoms with E-state index in [0.717, 1.165) is 57.2 Å². The van der Waals surface area contributed by atoms with Gasteiger partial charge in [-0.1, -0.05) is 12.1 Å². The van der Waals surface area contributed by atoms with Crippen molar-refractivity contribution in [1.82, 2.24) is 29.7 Å². The molecule has 0 aliphatic carbocycles. The average Bonchev–Trinajstić information content (AvgIpc) is 2.97. The molecule has 2 aliphatic heterocycles. The molecule has 5 rings (SSSR count). The van der Waals surface area contributed by atoms with Crippen LogP contribution < -0.4 is 10.2 Å². The molecule has 2 fully saturated rings. The summed E-state index contributed by atoms with van der Waals surface area (Å²) < 4.78 is 14.5.